The number of aryl methyl sites for hydroxylation is 2. The highest BCUT2D eigenvalue weighted by molar-refractivity contribution is 5.88. The lowest BCUT2D eigenvalue weighted by atomic mass is 10.1. The summed E-state index contributed by atoms with van der Waals surface area (Å²) in [4.78, 5) is 10.9. The molecule has 1 aromatic carbocycles. The number of hydrogen-bond donors (Lipinski definition) is 1. The van der Waals surface area contributed by atoms with E-state index in [0.717, 1.165) is 16.9 Å². The Hall–Kier alpha value is -1.55. The van der Waals surface area contributed by atoms with Crippen molar-refractivity contribution < 1.29 is 19.4 Å². The minimum atomic E-state index is -0.922. The second-order valence-corrected chi connectivity index (χ2v) is 5.55. The van der Waals surface area contributed by atoms with E-state index in [4.69, 9.17) is 14.6 Å². The van der Waals surface area contributed by atoms with Gasteiger partial charge in [0, 0.05) is 0 Å². The topological polar surface area (TPSA) is 55.8 Å². The van der Waals surface area contributed by atoms with E-state index < -0.39 is 5.97 Å². The Morgan fingerprint density at radius 3 is 2.11 bits per heavy atom. The second kappa shape index (κ2) is 6.06. The van der Waals surface area contributed by atoms with Crippen LogP contribution < -0.4 is 4.74 Å². The molecule has 0 amide bonds. The summed E-state index contributed by atoms with van der Waals surface area (Å²) in [5, 5.41) is 8.97. The Morgan fingerprint density at radius 2 is 1.68 bits per heavy atom. The maximum atomic E-state index is 10.9. The zero-order chi connectivity index (χ0) is 14.6. The zero-order valence-corrected chi connectivity index (χ0v) is 12.2. The molecule has 106 valence electrons. The number of benzene rings is 1. The van der Waals surface area contributed by atoms with Gasteiger partial charge in [-0.25, -0.2) is 4.79 Å². The molecule has 0 saturated carbocycles. The van der Waals surface area contributed by atoms with Crippen LogP contribution in [0.15, 0.2) is 12.1 Å². The summed E-state index contributed by atoms with van der Waals surface area (Å²) in [6.45, 7) is 10.6. The van der Waals surface area contributed by atoms with Gasteiger partial charge in [0.15, 0.2) is 0 Å². The molecule has 0 aromatic heterocycles. The lowest BCUT2D eigenvalue weighted by molar-refractivity contribution is -0.0164. The first-order valence-corrected chi connectivity index (χ1v) is 6.32. The van der Waals surface area contributed by atoms with Crippen molar-refractivity contribution in [3.63, 3.8) is 0 Å². The smallest absolute Gasteiger partial charge is 0.335 e. The summed E-state index contributed by atoms with van der Waals surface area (Å²) in [7, 11) is 0. The number of carboxylic acids is 1. The van der Waals surface area contributed by atoms with Crippen LogP contribution in [-0.2, 0) is 4.74 Å². The Balaban J connectivity index is 2.67. The van der Waals surface area contributed by atoms with Crippen molar-refractivity contribution in [2.45, 2.75) is 40.2 Å². The van der Waals surface area contributed by atoms with Crippen LogP contribution in [0.2, 0.25) is 0 Å². The van der Waals surface area contributed by atoms with E-state index in [-0.39, 0.29) is 11.2 Å². The third-order valence-electron chi connectivity index (χ3n) is 2.57. The fraction of sp³-hybridized carbons (Fsp3) is 0.533. The van der Waals surface area contributed by atoms with Crippen LogP contribution in [0.25, 0.3) is 0 Å². The Labute approximate surface area is 114 Å². The third-order valence-corrected chi connectivity index (χ3v) is 2.57. The summed E-state index contributed by atoms with van der Waals surface area (Å²) in [6.07, 6.45) is 0. The summed E-state index contributed by atoms with van der Waals surface area (Å²) in [6, 6.07) is 3.24. The van der Waals surface area contributed by atoms with Crippen molar-refractivity contribution >= 4 is 5.97 Å². The van der Waals surface area contributed by atoms with Crippen molar-refractivity contribution in [2.24, 2.45) is 0 Å². The van der Waals surface area contributed by atoms with Gasteiger partial charge in [-0.2, -0.15) is 0 Å². The monoisotopic (exact) mass is 266 g/mol. The van der Waals surface area contributed by atoms with E-state index in [1.54, 1.807) is 12.1 Å². The molecule has 0 atom stereocenters. The molecular formula is C15H22O4. The van der Waals surface area contributed by atoms with Crippen LogP contribution >= 0.6 is 0 Å². The molecular weight excluding hydrogens is 244 g/mol. The van der Waals surface area contributed by atoms with Gasteiger partial charge in [-0.3, -0.25) is 0 Å². The molecule has 0 aliphatic heterocycles. The molecule has 0 aliphatic rings. The molecule has 0 aliphatic carbocycles. The predicted octanol–water partition coefficient (Wildman–Crippen LogP) is 3.20. The fourth-order valence-corrected chi connectivity index (χ4v) is 1.79. The van der Waals surface area contributed by atoms with E-state index in [2.05, 4.69) is 0 Å². The maximum Gasteiger partial charge on any atom is 0.335 e. The van der Waals surface area contributed by atoms with Crippen LogP contribution in [0.1, 0.15) is 42.3 Å². The van der Waals surface area contributed by atoms with Gasteiger partial charge >= 0.3 is 5.97 Å². The van der Waals surface area contributed by atoms with E-state index in [9.17, 15) is 4.79 Å². The molecule has 0 heterocycles. The minimum absolute atomic E-state index is 0.180. The molecule has 4 nitrogen and oxygen atoms in total. The lowest BCUT2D eigenvalue weighted by Gasteiger charge is -2.20. The van der Waals surface area contributed by atoms with Gasteiger partial charge in [-0.05, 0) is 57.9 Å². The van der Waals surface area contributed by atoms with Gasteiger partial charge in [0.25, 0.3) is 0 Å². The number of carboxylic acid groups (broad SMARTS) is 1. The molecule has 4 heteroatoms. The first-order chi connectivity index (χ1) is 8.70. The average molecular weight is 266 g/mol. The summed E-state index contributed by atoms with van der Waals surface area (Å²) < 4.78 is 11.3. The molecule has 0 bridgehead atoms. The Bertz CT molecular complexity index is 435. The van der Waals surface area contributed by atoms with Crippen LogP contribution in [-0.4, -0.2) is 29.9 Å². The molecule has 0 unspecified atom stereocenters. The standard InChI is InChI=1S/C15H22O4/c1-10-8-12(14(16)17)9-11(2)13(10)18-6-7-19-15(3,4)5/h8-9H,6-7H2,1-5H3,(H,16,17). The summed E-state index contributed by atoms with van der Waals surface area (Å²) >= 11 is 0. The van der Waals surface area contributed by atoms with Gasteiger partial charge in [0.05, 0.1) is 17.8 Å². The van der Waals surface area contributed by atoms with Gasteiger partial charge in [-0.1, -0.05) is 0 Å². The van der Waals surface area contributed by atoms with Crippen LogP contribution in [0.3, 0.4) is 0 Å². The normalized spacial score (nSPS) is 11.4. The number of hydrogen-bond acceptors (Lipinski definition) is 3. The predicted molar refractivity (Wildman–Crippen MR) is 74.1 cm³/mol. The second-order valence-electron chi connectivity index (χ2n) is 5.55. The molecule has 0 saturated heterocycles. The first kappa shape index (κ1) is 15.5. The highest BCUT2D eigenvalue weighted by atomic mass is 16.5. The SMILES string of the molecule is Cc1cc(C(=O)O)cc(C)c1OCCOC(C)(C)C. The van der Waals surface area contributed by atoms with Gasteiger partial charge in [-0.15, -0.1) is 0 Å². The quantitative estimate of drug-likeness (QED) is 0.831. The van der Waals surface area contributed by atoms with Crippen molar-refractivity contribution in [2.75, 3.05) is 13.2 Å². The Morgan fingerprint density at radius 1 is 1.16 bits per heavy atom. The average Bonchev–Trinajstić information content (AvgIpc) is 2.25. The molecule has 0 radical (unpaired) electrons. The van der Waals surface area contributed by atoms with Crippen molar-refractivity contribution in [1.82, 2.24) is 0 Å². The molecule has 0 fully saturated rings. The Kier molecular flexibility index (Phi) is 4.95. The lowest BCUT2D eigenvalue weighted by Crippen LogP contribution is -2.22. The highest BCUT2D eigenvalue weighted by Crippen LogP contribution is 2.25. The van der Waals surface area contributed by atoms with Crippen molar-refractivity contribution in [3.05, 3.63) is 28.8 Å². The van der Waals surface area contributed by atoms with Gasteiger partial charge in [0.1, 0.15) is 12.4 Å². The van der Waals surface area contributed by atoms with Gasteiger partial charge in [0.2, 0.25) is 0 Å². The minimum Gasteiger partial charge on any atom is -0.491 e. The number of carbonyl (C=O) groups is 1. The van der Waals surface area contributed by atoms with Crippen LogP contribution in [0.5, 0.6) is 5.75 Å². The summed E-state index contributed by atoms with van der Waals surface area (Å²) in [5.74, 6) is -0.184. The summed E-state index contributed by atoms with van der Waals surface area (Å²) in [5.41, 5.74) is 1.76. The molecule has 19 heavy (non-hydrogen) atoms. The highest BCUT2D eigenvalue weighted by Gasteiger charge is 2.12. The third kappa shape index (κ3) is 4.91. The van der Waals surface area contributed by atoms with Gasteiger partial charge < -0.3 is 14.6 Å². The maximum absolute atomic E-state index is 10.9. The van der Waals surface area contributed by atoms with Crippen LogP contribution in [0, 0.1) is 13.8 Å². The molecule has 0 spiro atoms. The number of ether oxygens (including phenoxy) is 2. The molecule has 1 aromatic rings. The van der Waals surface area contributed by atoms with Crippen molar-refractivity contribution in [1.29, 1.82) is 0 Å². The van der Waals surface area contributed by atoms with E-state index >= 15 is 0 Å². The number of aromatic carboxylic acids is 1. The molecule has 1 rings (SSSR count). The van der Waals surface area contributed by atoms with E-state index in [0.29, 0.717) is 13.2 Å². The zero-order valence-electron chi connectivity index (χ0n) is 12.2. The van der Waals surface area contributed by atoms with Crippen molar-refractivity contribution in [3.8, 4) is 5.75 Å². The van der Waals surface area contributed by atoms with E-state index in [1.807, 2.05) is 34.6 Å². The first-order valence-electron chi connectivity index (χ1n) is 6.32. The van der Waals surface area contributed by atoms with E-state index in [1.165, 1.54) is 0 Å². The largest absolute Gasteiger partial charge is 0.491 e. The fourth-order valence-electron chi connectivity index (χ4n) is 1.79. The number of rotatable bonds is 5. The van der Waals surface area contributed by atoms with Crippen LogP contribution in [0.4, 0.5) is 0 Å². The molecule has 1 N–H and O–H groups in total.